The molecular weight excluding hydrogens is 378 g/mol. The Bertz CT molecular complexity index is 1010. The van der Waals surface area contributed by atoms with Crippen molar-refractivity contribution in [2.75, 3.05) is 12.4 Å². The molecule has 0 fully saturated rings. The van der Waals surface area contributed by atoms with Crippen molar-refractivity contribution in [3.63, 3.8) is 0 Å². The van der Waals surface area contributed by atoms with E-state index in [1.807, 2.05) is 24.3 Å². The van der Waals surface area contributed by atoms with Gasteiger partial charge in [-0.05, 0) is 30.3 Å². The first-order valence-electron chi connectivity index (χ1n) is 8.50. The summed E-state index contributed by atoms with van der Waals surface area (Å²) in [7, 11) is 1.58. The van der Waals surface area contributed by atoms with Gasteiger partial charge in [0.25, 0.3) is 11.8 Å². The van der Waals surface area contributed by atoms with Crippen molar-refractivity contribution in [3.05, 3.63) is 88.7 Å². The monoisotopic (exact) mass is 395 g/mol. The average molecular weight is 396 g/mol. The van der Waals surface area contributed by atoms with E-state index in [1.54, 1.807) is 37.4 Å². The lowest BCUT2D eigenvalue weighted by atomic mass is 10.1. The average Bonchev–Trinajstić information content (AvgIpc) is 2.74. The molecule has 7 heteroatoms. The Labute approximate surface area is 167 Å². The van der Waals surface area contributed by atoms with E-state index < -0.39 is 5.91 Å². The molecule has 2 N–H and O–H groups in total. The Kier molecular flexibility index (Phi) is 6.24. The molecule has 0 aliphatic rings. The Morgan fingerprint density at radius 3 is 2.57 bits per heavy atom. The first-order chi connectivity index (χ1) is 13.6. The molecule has 0 saturated heterocycles. The molecule has 6 nitrogen and oxygen atoms in total. The lowest BCUT2D eigenvalue weighted by Gasteiger charge is -2.10. The number of aromatic nitrogens is 1. The number of methoxy groups -OCH3 is 1. The van der Waals surface area contributed by atoms with Crippen molar-refractivity contribution >= 4 is 29.1 Å². The molecule has 28 heavy (non-hydrogen) atoms. The molecule has 1 aromatic heterocycles. The SMILES string of the molecule is COc1ccccc1CNC(=O)c1ccnc(C(=O)Nc2ccccc2Cl)c1. The Morgan fingerprint density at radius 2 is 1.79 bits per heavy atom. The number of carbonyl (C=O) groups is 2. The number of hydrogen-bond acceptors (Lipinski definition) is 4. The second-order valence-electron chi connectivity index (χ2n) is 5.86. The molecule has 0 radical (unpaired) electrons. The molecule has 0 spiro atoms. The highest BCUT2D eigenvalue weighted by Crippen LogP contribution is 2.21. The summed E-state index contributed by atoms with van der Waals surface area (Å²) in [5.41, 5.74) is 1.77. The number of nitrogens with one attached hydrogen (secondary N) is 2. The number of para-hydroxylation sites is 2. The van der Waals surface area contributed by atoms with Crippen LogP contribution in [0, 0.1) is 0 Å². The van der Waals surface area contributed by atoms with Crippen LogP contribution >= 0.6 is 11.6 Å². The molecule has 0 bridgehead atoms. The lowest BCUT2D eigenvalue weighted by molar-refractivity contribution is 0.0950. The highest BCUT2D eigenvalue weighted by atomic mass is 35.5. The van der Waals surface area contributed by atoms with Gasteiger partial charge >= 0.3 is 0 Å². The zero-order valence-electron chi connectivity index (χ0n) is 15.1. The maximum Gasteiger partial charge on any atom is 0.274 e. The van der Waals surface area contributed by atoms with Crippen LogP contribution in [-0.2, 0) is 6.54 Å². The normalized spacial score (nSPS) is 10.2. The summed E-state index contributed by atoms with van der Waals surface area (Å²) in [6.45, 7) is 0.298. The van der Waals surface area contributed by atoms with Crippen LogP contribution in [0.2, 0.25) is 5.02 Å². The zero-order valence-corrected chi connectivity index (χ0v) is 15.9. The minimum atomic E-state index is -0.451. The summed E-state index contributed by atoms with van der Waals surface area (Å²) in [4.78, 5) is 28.9. The van der Waals surface area contributed by atoms with Crippen LogP contribution in [0.4, 0.5) is 5.69 Å². The number of pyridine rings is 1. The summed E-state index contributed by atoms with van der Waals surface area (Å²) in [6.07, 6.45) is 1.42. The van der Waals surface area contributed by atoms with Crippen LogP contribution in [0.15, 0.2) is 66.9 Å². The maximum atomic E-state index is 12.5. The first kappa shape index (κ1) is 19.4. The summed E-state index contributed by atoms with van der Waals surface area (Å²) >= 11 is 6.05. The van der Waals surface area contributed by atoms with Crippen molar-refractivity contribution < 1.29 is 14.3 Å². The zero-order chi connectivity index (χ0) is 19.9. The largest absolute Gasteiger partial charge is 0.496 e. The Morgan fingerprint density at radius 1 is 1.04 bits per heavy atom. The van der Waals surface area contributed by atoms with E-state index in [1.165, 1.54) is 12.3 Å². The molecule has 0 saturated carbocycles. The van der Waals surface area contributed by atoms with E-state index >= 15 is 0 Å². The second kappa shape index (κ2) is 9.01. The van der Waals surface area contributed by atoms with Gasteiger partial charge in [0.1, 0.15) is 11.4 Å². The summed E-state index contributed by atoms with van der Waals surface area (Å²) in [5, 5.41) is 5.92. The second-order valence-corrected chi connectivity index (χ2v) is 6.27. The number of carbonyl (C=O) groups excluding carboxylic acids is 2. The van der Waals surface area contributed by atoms with Crippen LogP contribution in [-0.4, -0.2) is 23.9 Å². The van der Waals surface area contributed by atoms with Crippen LogP contribution in [0.3, 0.4) is 0 Å². The van der Waals surface area contributed by atoms with E-state index in [0.717, 1.165) is 5.56 Å². The fourth-order valence-electron chi connectivity index (χ4n) is 2.57. The predicted octanol–water partition coefficient (Wildman–Crippen LogP) is 3.93. The molecule has 2 aromatic carbocycles. The summed E-state index contributed by atoms with van der Waals surface area (Å²) in [6, 6.07) is 17.3. The fraction of sp³-hybridized carbons (Fsp3) is 0.0952. The van der Waals surface area contributed by atoms with Crippen molar-refractivity contribution in [3.8, 4) is 5.75 Å². The van der Waals surface area contributed by atoms with Crippen LogP contribution < -0.4 is 15.4 Å². The van der Waals surface area contributed by atoms with Crippen LogP contribution in [0.1, 0.15) is 26.4 Å². The van der Waals surface area contributed by atoms with Gasteiger partial charge in [0.15, 0.2) is 0 Å². The number of rotatable bonds is 6. The van der Waals surface area contributed by atoms with Gasteiger partial charge in [0, 0.05) is 23.9 Å². The van der Waals surface area contributed by atoms with Crippen molar-refractivity contribution in [2.24, 2.45) is 0 Å². The minimum absolute atomic E-state index is 0.116. The van der Waals surface area contributed by atoms with Crippen molar-refractivity contribution in [1.29, 1.82) is 0 Å². The molecule has 1 heterocycles. The third-order valence-electron chi connectivity index (χ3n) is 4.01. The molecule has 2 amide bonds. The molecule has 0 aliphatic carbocycles. The molecule has 0 atom stereocenters. The molecule has 142 valence electrons. The molecule has 3 rings (SSSR count). The van der Waals surface area contributed by atoms with E-state index in [-0.39, 0.29) is 11.6 Å². The number of nitrogens with zero attached hydrogens (tertiary/aromatic N) is 1. The smallest absolute Gasteiger partial charge is 0.274 e. The summed E-state index contributed by atoms with van der Waals surface area (Å²) in [5.74, 6) is -0.0788. The van der Waals surface area contributed by atoms with Crippen LogP contribution in [0.25, 0.3) is 0 Å². The predicted molar refractivity (Wildman–Crippen MR) is 108 cm³/mol. The van der Waals surface area contributed by atoms with Gasteiger partial charge < -0.3 is 15.4 Å². The molecular formula is C21H18ClN3O3. The van der Waals surface area contributed by atoms with Crippen molar-refractivity contribution in [2.45, 2.75) is 6.54 Å². The number of benzene rings is 2. The highest BCUT2D eigenvalue weighted by molar-refractivity contribution is 6.33. The maximum absolute atomic E-state index is 12.5. The fourth-order valence-corrected chi connectivity index (χ4v) is 2.75. The Hall–Kier alpha value is -3.38. The van der Waals surface area contributed by atoms with Gasteiger partial charge in [0.2, 0.25) is 0 Å². The molecule has 0 aliphatic heterocycles. The standard InChI is InChI=1S/C21H18ClN3O3/c1-28-19-9-5-2-6-15(19)13-24-20(26)14-10-11-23-18(12-14)21(27)25-17-8-4-3-7-16(17)22/h2-12H,13H2,1H3,(H,24,26)(H,25,27). The van der Waals surface area contributed by atoms with Gasteiger partial charge in [-0.25, -0.2) is 0 Å². The van der Waals surface area contributed by atoms with Gasteiger partial charge in [-0.1, -0.05) is 41.9 Å². The van der Waals surface area contributed by atoms with E-state index in [2.05, 4.69) is 15.6 Å². The number of hydrogen-bond donors (Lipinski definition) is 2. The number of anilines is 1. The third kappa shape index (κ3) is 4.66. The molecule has 3 aromatic rings. The lowest BCUT2D eigenvalue weighted by Crippen LogP contribution is -2.24. The summed E-state index contributed by atoms with van der Waals surface area (Å²) < 4.78 is 5.28. The molecule has 0 unspecified atom stereocenters. The Balaban J connectivity index is 1.69. The van der Waals surface area contributed by atoms with Gasteiger partial charge in [-0.2, -0.15) is 0 Å². The van der Waals surface area contributed by atoms with Crippen LogP contribution in [0.5, 0.6) is 5.75 Å². The topological polar surface area (TPSA) is 80.3 Å². The first-order valence-corrected chi connectivity index (χ1v) is 8.88. The van der Waals surface area contributed by atoms with E-state index in [4.69, 9.17) is 16.3 Å². The minimum Gasteiger partial charge on any atom is -0.496 e. The highest BCUT2D eigenvalue weighted by Gasteiger charge is 2.13. The number of halogens is 1. The van der Waals surface area contributed by atoms with E-state index in [9.17, 15) is 9.59 Å². The quantitative estimate of drug-likeness (QED) is 0.662. The van der Waals surface area contributed by atoms with Crippen molar-refractivity contribution in [1.82, 2.24) is 10.3 Å². The van der Waals surface area contributed by atoms with Gasteiger partial charge in [0.05, 0.1) is 17.8 Å². The number of ether oxygens (including phenoxy) is 1. The van der Waals surface area contributed by atoms with Gasteiger partial charge in [-0.3, -0.25) is 14.6 Å². The third-order valence-corrected chi connectivity index (χ3v) is 4.34. The number of amides is 2. The van der Waals surface area contributed by atoms with E-state index in [0.29, 0.717) is 28.6 Å². The van der Waals surface area contributed by atoms with Gasteiger partial charge in [-0.15, -0.1) is 0 Å².